The molecular weight excluding hydrogens is 372 g/mol. The van der Waals surface area contributed by atoms with Crippen molar-refractivity contribution < 1.29 is 4.79 Å². The van der Waals surface area contributed by atoms with Gasteiger partial charge >= 0.3 is 0 Å². The molecule has 0 radical (unpaired) electrons. The van der Waals surface area contributed by atoms with Gasteiger partial charge in [0, 0.05) is 17.7 Å². The first-order chi connectivity index (χ1) is 13.2. The van der Waals surface area contributed by atoms with Gasteiger partial charge in [-0.15, -0.1) is 11.3 Å². The minimum Gasteiger partial charge on any atom is -0.356 e. The minimum atomic E-state index is 0.0449. The van der Waals surface area contributed by atoms with Crippen molar-refractivity contribution in [1.29, 1.82) is 0 Å². The van der Waals surface area contributed by atoms with Gasteiger partial charge in [-0.2, -0.15) is 0 Å². The summed E-state index contributed by atoms with van der Waals surface area (Å²) in [4.78, 5) is 16.7. The number of amides is 1. The molecule has 0 aliphatic carbocycles. The fourth-order valence-electron chi connectivity index (χ4n) is 2.66. The molecule has 1 aromatic heterocycles. The molecule has 3 aromatic rings. The van der Waals surface area contributed by atoms with Gasteiger partial charge in [-0.05, 0) is 30.9 Å². The first-order valence-electron chi connectivity index (χ1n) is 9.12. The Morgan fingerprint density at radius 3 is 2.63 bits per heavy atom. The van der Waals surface area contributed by atoms with Crippen molar-refractivity contribution in [2.24, 2.45) is 0 Å². The predicted octanol–water partition coefficient (Wildman–Crippen LogP) is 5.04. The molecule has 1 amide bonds. The van der Waals surface area contributed by atoms with Crippen molar-refractivity contribution in [2.45, 2.75) is 36.3 Å². The number of aromatic nitrogens is 1. The molecule has 0 aliphatic heterocycles. The van der Waals surface area contributed by atoms with Crippen LogP contribution in [0, 0.1) is 6.92 Å². The first kappa shape index (κ1) is 19.6. The van der Waals surface area contributed by atoms with E-state index in [1.807, 2.05) is 23.6 Å². The summed E-state index contributed by atoms with van der Waals surface area (Å²) in [6.45, 7) is 2.80. The van der Waals surface area contributed by atoms with E-state index in [0.717, 1.165) is 28.6 Å². The van der Waals surface area contributed by atoms with Crippen LogP contribution in [0.25, 0.3) is 0 Å². The molecule has 2 aromatic carbocycles. The number of nitrogens with one attached hydrogen (secondary N) is 1. The van der Waals surface area contributed by atoms with E-state index in [9.17, 15) is 4.79 Å². The largest absolute Gasteiger partial charge is 0.356 e. The summed E-state index contributed by atoms with van der Waals surface area (Å²) in [5.74, 6) is 0.947. The summed E-state index contributed by atoms with van der Waals surface area (Å²) < 4.78 is 1.02. The summed E-state index contributed by atoms with van der Waals surface area (Å²) in [6.07, 6.45) is 2.29. The summed E-state index contributed by atoms with van der Waals surface area (Å²) in [7, 11) is 0. The fourth-order valence-corrected chi connectivity index (χ4v) is 4.46. The maximum atomic E-state index is 12.1. The van der Waals surface area contributed by atoms with Crippen molar-refractivity contribution in [3.8, 4) is 0 Å². The summed E-state index contributed by atoms with van der Waals surface area (Å²) in [6, 6.07) is 18.9. The van der Waals surface area contributed by atoms with E-state index in [0.29, 0.717) is 13.0 Å². The van der Waals surface area contributed by atoms with Gasteiger partial charge in [0.05, 0.1) is 12.1 Å². The number of nitrogens with zero attached hydrogens (tertiary/aromatic N) is 1. The Morgan fingerprint density at radius 1 is 1.07 bits per heavy atom. The summed E-state index contributed by atoms with van der Waals surface area (Å²) >= 11 is 3.33. The summed E-state index contributed by atoms with van der Waals surface area (Å²) in [5, 5.41) is 4.98. The molecule has 1 heterocycles. The third-order valence-corrected chi connectivity index (χ3v) is 6.30. The van der Waals surface area contributed by atoms with Crippen molar-refractivity contribution in [1.82, 2.24) is 10.3 Å². The van der Waals surface area contributed by atoms with Crippen LogP contribution in [-0.2, 0) is 23.4 Å². The number of hydrogen-bond donors (Lipinski definition) is 1. The Labute approximate surface area is 169 Å². The van der Waals surface area contributed by atoms with Gasteiger partial charge in [-0.3, -0.25) is 4.79 Å². The van der Waals surface area contributed by atoms with Crippen molar-refractivity contribution in [2.75, 3.05) is 6.54 Å². The number of carbonyl (C=O) groups is 1. The molecule has 5 heteroatoms. The number of thiazole rings is 1. The average molecular weight is 397 g/mol. The zero-order valence-electron chi connectivity index (χ0n) is 15.5. The molecule has 0 fully saturated rings. The van der Waals surface area contributed by atoms with E-state index in [2.05, 4.69) is 53.6 Å². The van der Waals surface area contributed by atoms with E-state index in [4.69, 9.17) is 0 Å². The minimum absolute atomic E-state index is 0.0449. The molecule has 27 heavy (non-hydrogen) atoms. The van der Waals surface area contributed by atoms with Crippen LogP contribution >= 0.6 is 23.1 Å². The molecule has 0 atom stereocenters. The van der Waals surface area contributed by atoms with Crippen LogP contribution in [0.5, 0.6) is 0 Å². The van der Waals surface area contributed by atoms with Gasteiger partial charge < -0.3 is 5.32 Å². The molecule has 1 N–H and O–H groups in total. The van der Waals surface area contributed by atoms with E-state index in [1.165, 1.54) is 16.7 Å². The Kier molecular flexibility index (Phi) is 7.48. The normalized spacial score (nSPS) is 10.7. The zero-order chi connectivity index (χ0) is 18.9. The fraction of sp³-hybridized carbons (Fsp3) is 0.273. The molecule has 3 nitrogen and oxygen atoms in total. The second-order valence-corrected chi connectivity index (χ2v) is 8.58. The standard InChI is InChI=1S/C22H24N2OS2/c1-17-9-11-19(12-10-17)15-26-22-24-20(16-27-22)14-21(25)23-13-5-8-18-6-3-2-4-7-18/h2-4,6-7,9-12,16H,5,8,13-15H2,1H3,(H,23,25). The third kappa shape index (κ3) is 6.85. The molecule has 0 bridgehead atoms. The second-order valence-electron chi connectivity index (χ2n) is 6.49. The topological polar surface area (TPSA) is 42.0 Å². The molecule has 0 saturated carbocycles. The van der Waals surface area contributed by atoms with Crippen molar-refractivity contribution >= 4 is 29.0 Å². The average Bonchev–Trinajstić information content (AvgIpc) is 3.13. The SMILES string of the molecule is Cc1ccc(CSc2nc(CC(=O)NCCCc3ccccc3)cs2)cc1. The Hall–Kier alpha value is -2.11. The van der Waals surface area contributed by atoms with Crippen LogP contribution in [0.3, 0.4) is 0 Å². The zero-order valence-corrected chi connectivity index (χ0v) is 17.1. The molecular formula is C22H24N2OS2. The molecule has 3 rings (SSSR count). The van der Waals surface area contributed by atoms with Crippen molar-refractivity contribution in [3.05, 3.63) is 82.4 Å². The van der Waals surface area contributed by atoms with Crippen LogP contribution in [-0.4, -0.2) is 17.4 Å². The molecule has 0 unspecified atom stereocenters. The molecule has 0 saturated heterocycles. The van der Waals surface area contributed by atoms with Gasteiger partial charge in [0.25, 0.3) is 0 Å². The third-order valence-electron chi connectivity index (χ3n) is 4.16. The lowest BCUT2D eigenvalue weighted by molar-refractivity contribution is -0.120. The highest BCUT2D eigenvalue weighted by Crippen LogP contribution is 2.26. The van der Waals surface area contributed by atoms with Crippen LogP contribution in [0.4, 0.5) is 0 Å². The highest BCUT2D eigenvalue weighted by molar-refractivity contribution is 8.00. The van der Waals surface area contributed by atoms with Crippen LogP contribution in [0.2, 0.25) is 0 Å². The molecule has 140 valence electrons. The molecule has 0 aliphatic rings. The number of thioether (sulfide) groups is 1. The number of rotatable bonds is 9. The number of hydrogen-bond acceptors (Lipinski definition) is 4. The predicted molar refractivity (Wildman–Crippen MR) is 114 cm³/mol. The molecule has 0 spiro atoms. The van der Waals surface area contributed by atoms with Crippen LogP contribution in [0.1, 0.15) is 28.8 Å². The summed E-state index contributed by atoms with van der Waals surface area (Å²) in [5.41, 5.74) is 4.72. The monoisotopic (exact) mass is 396 g/mol. The lowest BCUT2D eigenvalue weighted by Gasteiger charge is -2.04. The van der Waals surface area contributed by atoms with Gasteiger partial charge in [0.1, 0.15) is 4.34 Å². The van der Waals surface area contributed by atoms with E-state index in [1.54, 1.807) is 23.1 Å². The number of benzene rings is 2. The van der Waals surface area contributed by atoms with Gasteiger partial charge in [-0.25, -0.2) is 4.98 Å². The first-order valence-corrected chi connectivity index (χ1v) is 11.0. The highest BCUT2D eigenvalue weighted by Gasteiger charge is 2.08. The lowest BCUT2D eigenvalue weighted by atomic mass is 10.1. The van der Waals surface area contributed by atoms with Crippen molar-refractivity contribution in [3.63, 3.8) is 0 Å². The van der Waals surface area contributed by atoms with Crippen LogP contribution < -0.4 is 5.32 Å². The number of aryl methyl sites for hydroxylation is 2. The smallest absolute Gasteiger partial charge is 0.226 e. The Bertz CT molecular complexity index is 844. The second kappa shape index (κ2) is 10.3. The van der Waals surface area contributed by atoms with E-state index < -0.39 is 0 Å². The Balaban J connectivity index is 1.36. The highest BCUT2D eigenvalue weighted by atomic mass is 32.2. The maximum absolute atomic E-state index is 12.1. The maximum Gasteiger partial charge on any atom is 0.226 e. The van der Waals surface area contributed by atoms with E-state index in [-0.39, 0.29) is 5.91 Å². The number of carbonyl (C=O) groups excluding carboxylic acids is 1. The van der Waals surface area contributed by atoms with Gasteiger partial charge in [0.2, 0.25) is 5.91 Å². The van der Waals surface area contributed by atoms with Crippen LogP contribution in [0.15, 0.2) is 64.3 Å². The van der Waals surface area contributed by atoms with E-state index >= 15 is 0 Å². The Morgan fingerprint density at radius 2 is 1.85 bits per heavy atom. The van der Waals surface area contributed by atoms with Gasteiger partial charge in [0.15, 0.2) is 0 Å². The lowest BCUT2D eigenvalue weighted by Crippen LogP contribution is -2.26. The quantitative estimate of drug-likeness (QED) is 0.407. The van der Waals surface area contributed by atoms with Gasteiger partial charge in [-0.1, -0.05) is 71.9 Å².